The van der Waals surface area contributed by atoms with Gasteiger partial charge in [0.2, 0.25) is 5.91 Å². The van der Waals surface area contributed by atoms with Crippen LogP contribution < -0.4 is 11.0 Å². The van der Waals surface area contributed by atoms with Gasteiger partial charge >= 0.3 is 5.69 Å². The maximum atomic E-state index is 11.8. The molecular formula is C11H14N4O2. The Bertz CT molecular complexity index is 584. The highest BCUT2D eigenvalue weighted by Gasteiger charge is 2.09. The molecular weight excluding hydrogens is 220 g/mol. The van der Waals surface area contributed by atoms with Crippen LogP contribution in [0, 0.1) is 0 Å². The third kappa shape index (κ3) is 2.35. The summed E-state index contributed by atoms with van der Waals surface area (Å²) in [4.78, 5) is 23.3. The highest BCUT2D eigenvalue weighted by atomic mass is 16.2. The summed E-state index contributed by atoms with van der Waals surface area (Å²) >= 11 is 0. The molecule has 1 amide bonds. The predicted octanol–water partition coefficient (Wildman–Crippen LogP) is 0.0222. The molecule has 1 N–H and O–H groups in total. The zero-order valence-electron chi connectivity index (χ0n) is 9.59. The molecule has 0 unspecified atom stereocenters. The fourth-order valence-electron chi connectivity index (χ4n) is 1.53. The summed E-state index contributed by atoms with van der Waals surface area (Å²) in [6.45, 7) is 2.54. The van der Waals surface area contributed by atoms with Crippen molar-refractivity contribution in [3.8, 4) is 0 Å². The highest BCUT2D eigenvalue weighted by molar-refractivity contribution is 5.75. The van der Waals surface area contributed by atoms with Crippen molar-refractivity contribution in [1.82, 2.24) is 19.5 Å². The van der Waals surface area contributed by atoms with Crippen molar-refractivity contribution in [1.29, 1.82) is 0 Å². The van der Waals surface area contributed by atoms with Crippen LogP contribution in [-0.4, -0.2) is 26.6 Å². The Hall–Kier alpha value is -2.11. The number of carbonyl (C=O) groups excluding carboxylic acids is 1. The summed E-state index contributed by atoms with van der Waals surface area (Å²) in [5.41, 5.74) is 0.244. The summed E-state index contributed by atoms with van der Waals surface area (Å²) in [5.74, 6) is -0.197. The van der Waals surface area contributed by atoms with Crippen LogP contribution in [0.3, 0.4) is 0 Å². The number of nitrogens with zero attached hydrogens (tertiary/aromatic N) is 3. The lowest BCUT2D eigenvalue weighted by atomic mass is 10.4. The Morgan fingerprint density at radius 2 is 2.29 bits per heavy atom. The largest absolute Gasteiger partial charge is 0.355 e. The van der Waals surface area contributed by atoms with E-state index < -0.39 is 0 Å². The summed E-state index contributed by atoms with van der Waals surface area (Å²) < 4.78 is 2.58. The van der Waals surface area contributed by atoms with E-state index in [0.29, 0.717) is 12.2 Å². The lowest BCUT2D eigenvalue weighted by Gasteiger charge is -2.01. The fraction of sp³-hybridized carbons (Fsp3) is 0.364. The molecule has 0 aliphatic carbocycles. The van der Waals surface area contributed by atoms with Crippen LogP contribution in [0.2, 0.25) is 0 Å². The molecule has 0 saturated heterocycles. The first-order valence-electron chi connectivity index (χ1n) is 5.53. The third-order valence-corrected chi connectivity index (χ3v) is 2.35. The van der Waals surface area contributed by atoms with Crippen LogP contribution in [-0.2, 0) is 11.3 Å². The molecule has 0 aliphatic heterocycles. The Balaban J connectivity index is 2.22. The van der Waals surface area contributed by atoms with Gasteiger partial charge in [-0.1, -0.05) is 13.0 Å². The van der Waals surface area contributed by atoms with E-state index in [4.69, 9.17) is 0 Å². The second kappa shape index (κ2) is 4.82. The van der Waals surface area contributed by atoms with Gasteiger partial charge in [-0.05, 0) is 18.6 Å². The van der Waals surface area contributed by atoms with Crippen molar-refractivity contribution in [2.75, 3.05) is 6.54 Å². The Morgan fingerprint density at radius 1 is 1.47 bits per heavy atom. The van der Waals surface area contributed by atoms with Gasteiger partial charge in [0, 0.05) is 12.7 Å². The lowest BCUT2D eigenvalue weighted by Crippen LogP contribution is -2.33. The first-order chi connectivity index (χ1) is 8.22. The van der Waals surface area contributed by atoms with Crippen LogP contribution >= 0.6 is 0 Å². The van der Waals surface area contributed by atoms with Gasteiger partial charge in [-0.25, -0.2) is 9.48 Å². The van der Waals surface area contributed by atoms with E-state index in [9.17, 15) is 9.59 Å². The molecule has 2 aromatic heterocycles. The van der Waals surface area contributed by atoms with Gasteiger partial charge in [0.05, 0.1) is 0 Å². The van der Waals surface area contributed by atoms with E-state index in [2.05, 4.69) is 10.4 Å². The molecule has 90 valence electrons. The molecule has 0 aromatic carbocycles. The second-order valence-electron chi connectivity index (χ2n) is 3.72. The molecule has 0 fully saturated rings. The summed E-state index contributed by atoms with van der Waals surface area (Å²) in [7, 11) is 0. The molecule has 0 atom stereocenters. The maximum absolute atomic E-state index is 11.8. The predicted molar refractivity (Wildman–Crippen MR) is 62.8 cm³/mol. The fourth-order valence-corrected chi connectivity index (χ4v) is 1.53. The zero-order chi connectivity index (χ0) is 12.3. The minimum Gasteiger partial charge on any atom is -0.355 e. The maximum Gasteiger partial charge on any atom is 0.350 e. The van der Waals surface area contributed by atoms with Crippen LogP contribution in [0.1, 0.15) is 13.3 Å². The zero-order valence-corrected chi connectivity index (χ0v) is 9.59. The number of pyridine rings is 1. The van der Waals surface area contributed by atoms with Crippen molar-refractivity contribution in [2.45, 2.75) is 19.9 Å². The molecule has 0 bridgehead atoms. The molecule has 0 radical (unpaired) electrons. The van der Waals surface area contributed by atoms with E-state index >= 15 is 0 Å². The van der Waals surface area contributed by atoms with Crippen LogP contribution in [0.15, 0.2) is 29.2 Å². The molecule has 6 nitrogen and oxygen atoms in total. The minimum atomic E-state index is -0.299. The van der Waals surface area contributed by atoms with Gasteiger partial charge in [0.25, 0.3) is 0 Å². The molecule has 2 rings (SSSR count). The molecule has 6 heteroatoms. The molecule has 17 heavy (non-hydrogen) atoms. The first kappa shape index (κ1) is 11.4. The topological polar surface area (TPSA) is 68.4 Å². The SMILES string of the molecule is CCCNC(=O)Cn1nc2ccccn2c1=O. The van der Waals surface area contributed by atoms with Crippen molar-refractivity contribution < 1.29 is 4.79 Å². The van der Waals surface area contributed by atoms with E-state index in [1.807, 2.05) is 6.92 Å². The van der Waals surface area contributed by atoms with Crippen LogP contribution in [0.4, 0.5) is 0 Å². The van der Waals surface area contributed by atoms with Gasteiger partial charge < -0.3 is 5.32 Å². The van der Waals surface area contributed by atoms with Crippen molar-refractivity contribution in [3.63, 3.8) is 0 Å². The minimum absolute atomic E-state index is 0.0412. The second-order valence-corrected chi connectivity index (χ2v) is 3.72. The number of rotatable bonds is 4. The van der Waals surface area contributed by atoms with Gasteiger partial charge in [0.1, 0.15) is 6.54 Å². The lowest BCUT2D eigenvalue weighted by molar-refractivity contribution is -0.121. The molecule has 0 spiro atoms. The Labute approximate surface area is 97.9 Å². The van der Waals surface area contributed by atoms with E-state index in [0.717, 1.165) is 6.42 Å². The number of hydrogen-bond donors (Lipinski definition) is 1. The average molecular weight is 234 g/mol. The van der Waals surface area contributed by atoms with E-state index in [-0.39, 0.29) is 18.1 Å². The molecule has 0 saturated carbocycles. The van der Waals surface area contributed by atoms with Crippen LogP contribution in [0.25, 0.3) is 5.65 Å². The van der Waals surface area contributed by atoms with Gasteiger partial charge in [0.15, 0.2) is 5.65 Å². The monoisotopic (exact) mass is 234 g/mol. The van der Waals surface area contributed by atoms with Gasteiger partial charge in [-0.15, -0.1) is 5.10 Å². The van der Waals surface area contributed by atoms with Gasteiger partial charge in [-0.2, -0.15) is 0 Å². The number of carbonyl (C=O) groups is 1. The van der Waals surface area contributed by atoms with E-state index in [1.165, 1.54) is 9.08 Å². The number of nitrogens with one attached hydrogen (secondary N) is 1. The Kier molecular flexibility index (Phi) is 3.22. The van der Waals surface area contributed by atoms with Crippen molar-refractivity contribution >= 4 is 11.6 Å². The number of aromatic nitrogens is 3. The molecule has 2 aromatic rings. The number of amides is 1. The number of fused-ring (bicyclic) bond motifs is 1. The normalized spacial score (nSPS) is 10.6. The van der Waals surface area contributed by atoms with Gasteiger partial charge in [-0.3, -0.25) is 9.20 Å². The van der Waals surface area contributed by atoms with E-state index in [1.54, 1.807) is 24.4 Å². The quantitative estimate of drug-likeness (QED) is 0.811. The van der Waals surface area contributed by atoms with Crippen LogP contribution in [0.5, 0.6) is 0 Å². The summed E-state index contributed by atoms with van der Waals surface area (Å²) in [6.07, 6.45) is 2.50. The molecule has 2 heterocycles. The smallest absolute Gasteiger partial charge is 0.350 e. The third-order valence-electron chi connectivity index (χ3n) is 2.35. The Morgan fingerprint density at radius 3 is 3.00 bits per heavy atom. The molecule has 0 aliphatic rings. The first-order valence-corrected chi connectivity index (χ1v) is 5.53. The van der Waals surface area contributed by atoms with Crippen molar-refractivity contribution in [2.24, 2.45) is 0 Å². The average Bonchev–Trinajstić information content (AvgIpc) is 2.64. The van der Waals surface area contributed by atoms with Crippen molar-refractivity contribution in [3.05, 3.63) is 34.9 Å². The standard InChI is InChI=1S/C11H14N4O2/c1-2-6-12-10(16)8-15-11(17)14-7-4-3-5-9(14)13-15/h3-5,7H,2,6,8H2,1H3,(H,12,16). The summed E-state index contributed by atoms with van der Waals surface area (Å²) in [6, 6.07) is 5.27. The number of hydrogen-bond acceptors (Lipinski definition) is 3. The highest BCUT2D eigenvalue weighted by Crippen LogP contribution is 1.94. The summed E-state index contributed by atoms with van der Waals surface area (Å²) in [5, 5.41) is 6.77.